The van der Waals surface area contributed by atoms with E-state index < -0.39 is 0 Å². The van der Waals surface area contributed by atoms with Crippen molar-refractivity contribution in [1.82, 2.24) is 14.7 Å². The summed E-state index contributed by atoms with van der Waals surface area (Å²) in [6, 6.07) is 3.83. The molecule has 0 saturated carbocycles. The molecule has 0 aliphatic carbocycles. The average Bonchev–Trinajstić information content (AvgIpc) is 3.17. The molecule has 2 saturated heterocycles. The SMILES string of the molecule is CCOC(=O)N1CCN(C2CCCN(C(=O)c3ccc(COC)o3)C2)CC1. The Kier molecular flexibility index (Phi) is 6.73. The molecule has 3 rings (SSSR count). The van der Waals surface area contributed by atoms with E-state index in [1.165, 1.54) is 0 Å². The van der Waals surface area contributed by atoms with E-state index in [0.717, 1.165) is 32.5 Å². The first-order valence-electron chi connectivity index (χ1n) is 9.65. The van der Waals surface area contributed by atoms with Crippen LogP contribution in [0.2, 0.25) is 0 Å². The maximum Gasteiger partial charge on any atom is 0.409 e. The topological polar surface area (TPSA) is 75.5 Å². The number of carbonyl (C=O) groups excluding carboxylic acids is 2. The molecule has 0 N–H and O–H groups in total. The number of rotatable bonds is 5. The number of nitrogens with zero attached hydrogens (tertiary/aromatic N) is 3. The second-order valence-corrected chi connectivity index (χ2v) is 6.97. The molecule has 0 radical (unpaired) electrons. The smallest absolute Gasteiger partial charge is 0.409 e. The summed E-state index contributed by atoms with van der Waals surface area (Å²) >= 11 is 0. The summed E-state index contributed by atoms with van der Waals surface area (Å²) in [7, 11) is 1.60. The lowest BCUT2D eigenvalue weighted by Crippen LogP contribution is -2.56. The quantitative estimate of drug-likeness (QED) is 0.777. The minimum atomic E-state index is -0.234. The standard InChI is InChI=1S/C19H29N3O5/c1-3-26-19(24)21-11-9-20(10-12-21)15-5-4-8-22(13-15)18(23)17-7-6-16(27-17)14-25-2/h6-7,15H,3-5,8-14H2,1-2H3. The molecular weight excluding hydrogens is 350 g/mol. The number of hydrogen-bond acceptors (Lipinski definition) is 6. The molecule has 150 valence electrons. The number of amides is 2. The average molecular weight is 379 g/mol. The van der Waals surface area contributed by atoms with Gasteiger partial charge in [0, 0.05) is 52.4 Å². The monoisotopic (exact) mass is 379 g/mol. The molecule has 0 bridgehead atoms. The maximum absolute atomic E-state index is 12.8. The van der Waals surface area contributed by atoms with Crippen molar-refractivity contribution in [2.24, 2.45) is 0 Å². The van der Waals surface area contributed by atoms with Gasteiger partial charge in [-0.2, -0.15) is 0 Å². The second-order valence-electron chi connectivity index (χ2n) is 6.97. The number of carbonyl (C=O) groups is 2. The maximum atomic E-state index is 12.8. The molecule has 2 fully saturated rings. The highest BCUT2D eigenvalue weighted by molar-refractivity contribution is 5.91. The first kappa shape index (κ1) is 19.7. The lowest BCUT2D eigenvalue weighted by molar-refractivity contribution is 0.0361. The Bertz CT molecular complexity index is 639. The summed E-state index contributed by atoms with van der Waals surface area (Å²) in [6.07, 6.45) is 1.80. The molecule has 27 heavy (non-hydrogen) atoms. The number of ether oxygens (including phenoxy) is 2. The molecule has 0 spiro atoms. The predicted molar refractivity (Wildman–Crippen MR) is 98.5 cm³/mol. The van der Waals surface area contributed by atoms with Crippen LogP contribution in [0.3, 0.4) is 0 Å². The number of hydrogen-bond donors (Lipinski definition) is 0. The van der Waals surface area contributed by atoms with E-state index in [0.29, 0.717) is 50.4 Å². The van der Waals surface area contributed by atoms with Crippen molar-refractivity contribution in [2.75, 3.05) is 53.0 Å². The van der Waals surface area contributed by atoms with Crippen LogP contribution in [0, 0.1) is 0 Å². The van der Waals surface area contributed by atoms with Crippen LogP contribution < -0.4 is 0 Å². The summed E-state index contributed by atoms with van der Waals surface area (Å²) in [5, 5.41) is 0. The fourth-order valence-corrected chi connectivity index (χ4v) is 3.79. The van der Waals surface area contributed by atoms with Gasteiger partial charge in [0.05, 0.1) is 6.61 Å². The largest absolute Gasteiger partial charge is 0.453 e. The van der Waals surface area contributed by atoms with Crippen molar-refractivity contribution in [3.05, 3.63) is 23.7 Å². The van der Waals surface area contributed by atoms with Gasteiger partial charge in [-0.1, -0.05) is 0 Å². The van der Waals surface area contributed by atoms with E-state index in [-0.39, 0.29) is 12.0 Å². The third kappa shape index (κ3) is 4.81. The first-order chi connectivity index (χ1) is 13.1. The van der Waals surface area contributed by atoms with Crippen LogP contribution >= 0.6 is 0 Å². The minimum Gasteiger partial charge on any atom is -0.453 e. The molecule has 2 aliphatic rings. The normalized spacial score (nSPS) is 21.3. The Labute approximate surface area is 160 Å². The molecule has 8 heteroatoms. The van der Waals surface area contributed by atoms with Crippen LogP contribution in [0.15, 0.2) is 16.5 Å². The van der Waals surface area contributed by atoms with Gasteiger partial charge in [0.1, 0.15) is 12.4 Å². The van der Waals surface area contributed by atoms with Gasteiger partial charge in [-0.05, 0) is 31.9 Å². The van der Waals surface area contributed by atoms with Crippen LogP contribution in [0.5, 0.6) is 0 Å². The number of likely N-dealkylation sites (tertiary alicyclic amines) is 1. The Morgan fingerprint density at radius 1 is 1.15 bits per heavy atom. The van der Waals surface area contributed by atoms with Crippen LogP contribution in [0.25, 0.3) is 0 Å². The summed E-state index contributed by atoms with van der Waals surface area (Å²) in [4.78, 5) is 30.6. The third-order valence-electron chi connectivity index (χ3n) is 5.20. The molecule has 1 aromatic rings. The Morgan fingerprint density at radius 2 is 1.93 bits per heavy atom. The van der Waals surface area contributed by atoms with Crippen LogP contribution in [-0.2, 0) is 16.1 Å². The van der Waals surface area contributed by atoms with Crippen LogP contribution in [-0.4, -0.2) is 85.7 Å². The fourth-order valence-electron chi connectivity index (χ4n) is 3.79. The second kappa shape index (κ2) is 9.23. The van der Waals surface area contributed by atoms with Gasteiger partial charge in [-0.15, -0.1) is 0 Å². The highest BCUT2D eigenvalue weighted by Gasteiger charge is 2.32. The summed E-state index contributed by atoms with van der Waals surface area (Å²) in [6.45, 7) is 6.98. The molecular formula is C19H29N3O5. The molecule has 8 nitrogen and oxygen atoms in total. The van der Waals surface area contributed by atoms with Crippen LogP contribution in [0.4, 0.5) is 4.79 Å². The zero-order valence-corrected chi connectivity index (χ0v) is 16.2. The summed E-state index contributed by atoms with van der Waals surface area (Å²) in [5.74, 6) is 0.964. The Hall–Kier alpha value is -2.06. The van der Waals surface area contributed by atoms with Gasteiger partial charge in [0.25, 0.3) is 5.91 Å². The Morgan fingerprint density at radius 3 is 2.63 bits per heavy atom. The minimum absolute atomic E-state index is 0.0628. The molecule has 1 atom stereocenters. The summed E-state index contributed by atoms with van der Waals surface area (Å²) in [5.41, 5.74) is 0. The van der Waals surface area contributed by atoms with Gasteiger partial charge >= 0.3 is 6.09 Å². The van der Waals surface area contributed by atoms with E-state index in [1.807, 2.05) is 11.8 Å². The Balaban J connectivity index is 1.53. The fraction of sp³-hybridized carbons (Fsp3) is 0.684. The highest BCUT2D eigenvalue weighted by Crippen LogP contribution is 2.21. The lowest BCUT2D eigenvalue weighted by Gasteiger charge is -2.42. The predicted octanol–water partition coefficient (Wildman–Crippen LogP) is 1.80. The van der Waals surface area contributed by atoms with Gasteiger partial charge in [0.15, 0.2) is 5.76 Å². The van der Waals surface area contributed by atoms with Gasteiger partial charge in [0.2, 0.25) is 0 Å². The number of methoxy groups -OCH3 is 1. The van der Waals surface area contributed by atoms with Crippen molar-refractivity contribution >= 4 is 12.0 Å². The molecule has 1 aromatic heterocycles. The van der Waals surface area contributed by atoms with Crippen molar-refractivity contribution < 1.29 is 23.5 Å². The van der Waals surface area contributed by atoms with Crippen molar-refractivity contribution in [3.8, 4) is 0 Å². The zero-order valence-electron chi connectivity index (χ0n) is 16.2. The van der Waals surface area contributed by atoms with E-state index in [1.54, 1.807) is 24.1 Å². The molecule has 0 aromatic carbocycles. The van der Waals surface area contributed by atoms with Crippen molar-refractivity contribution in [2.45, 2.75) is 32.4 Å². The van der Waals surface area contributed by atoms with E-state index in [2.05, 4.69) is 4.90 Å². The molecule has 3 heterocycles. The van der Waals surface area contributed by atoms with Crippen LogP contribution in [0.1, 0.15) is 36.1 Å². The van der Waals surface area contributed by atoms with Crippen molar-refractivity contribution in [1.29, 1.82) is 0 Å². The number of furan rings is 1. The van der Waals surface area contributed by atoms with E-state index >= 15 is 0 Å². The molecule has 2 amide bonds. The van der Waals surface area contributed by atoms with Gasteiger partial charge in [-0.25, -0.2) is 4.79 Å². The van der Waals surface area contributed by atoms with E-state index in [9.17, 15) is 9.59 Å². The number of piperazine rings is 1. The number of piperidine rings is 1. The highest BCUT2D eigenvalue weighted by atomic mass is 16.6. The van der Waals surface area contributed by atoms with Gasteiger partial charge < -0.3 is 23.7 Å². The lowest BCUT2D eigenvalue weighted by atomic mass is 10.0. The summed E-state index contributed by atoms with van der Waals surface area (Å²) < 4.78 is 15.7. The zero-order chi connectivity index (χ0) is 19.2. The molecule has 2 aliphatic heterocycles. The first-order valence-corrected chi connectivity index (χ1v) is 9.65. The molecule has 1 unspecified atom stereocenters. The van der Waals surface area contributed by atoms with Crippen molar-refractivity contribution in [3.63, 3.8) is 0 Å². The van der Waals surface area contributed by atoms with Gasteiger partial charge in [-0.3, -0.25) is 9.69 Å². The third-order valence-corrected chi connectivity index (χ3v) is 5.20. The van der Waals surface area contributed by atoms with E-state index in [4.69, 9.17) is 13.9 Å².